The van der Waals surface area contributed by atoms with Crippen LogP contribution in [0.5, 0.6) is 0 Å². The molecule has 2 heterocycles. The van der Waals surface area contributed by atoms with Crippen molar-refractivity contribution in [3.8, 4) is 0 Å². The van der Waals surface area contributed by atoms with Crippen molar-refractivity contribution in [2.45, 2.75) is 45.8 Å². The van der Waals surface area contributed by atoms with E-state index in [9.17, 15) is 0 Å². The lowest BCUT2D eigenvalue weighted by atomic mass is 9.78. The zero-order valence-electron chi connectivity index (χ0n) is 15.0. The third-order valence-electron chi connectivity index (χ3n) is 5.18. The molecule has 0 atom stereocenters. The van der Waals surface area contributed by atoms with Gasteiger partial charge in [-0.15, -0.1) is 0 Å². The summed E-state index contributed by atoms with van der Waals surface area (Å²) in [6.45, 7) is 17.9. The molecule has 2 aliphatic heterocycles. The molecule has 0 aromatic carbocycles. The summed E-state index contributed by atoms with van der Waals surface area (Å²) in [6.07, 6.45) is 1.71. The van der Waals surface area contributed by atoms with Crippen molar-refractivity contribution in [2.75, 3.05) is 60.0 Å². The Bertz CT molecular complexity index is 329. The maximum Gasteiger partial charge on any atom is 0.0824 e. The summed E-state index contributed by atoms with van der Waals surface area (Å²) >= 11 is 0. The molecule has 2 fully saturated rings. The third-order valence-corrected chi connectivity index (χ3v) is 5.18. The van der Waals surface area contributed by atoms with E-state index in [4.69, 9.17) is 4.74 Å². The zero-order valence-corrected chi connectivity index (χ0v) is 15.0. The van der Waals surface area contributed by atoms with E-state index in [1.54, 1.807) is 0 Å². The monoisotopic (exact) mass is 297 g/mol. The Kier molecular flexibility index (Phi) is 5.35. The fourth-order valence-electron chi connectivity index (χ4n) is 4.16. The van der Waals surface area contributed by atoms with E-state index in [0.717, 1.165) is 13.1 Å². The molecule has 0 amide bonds. The van der Waals surface area contributed by atoms with Crippen LogP contribution in [0.4, 0.5) is 0 Å². The first-order valence-electron chi connectivity index (χ1n) is 8.41. The standard InChI is InChI=1S/C17H35N3O/c1-16(2,14-19-11-15(12-19)21-6)13-17(3,4)20-9-7-18(5)8-10-20/h15H,7-14H2,1-6H3. The lowest BCUT2D eigenvalue weighted by molar-refractivity contribution is -0.0524. The van der Waals surface area contributed by atoms with Gasteiger partial charge in [-0.1, -0.05) is 13.8 Å². The Morgan fingerprint density at radius 1 is 1.00 bits per heavy atom. The summed E-state index contributed by atoms with van der Waals surface area (Å²) in [5, 5.41) is 0. The van der Waals surface area contributed by atoms with Gasteiger partial charge in [0.25, 0.3) is 0 Å². The third kappa shape index (κ3) is 4.65. The predicted octanol–water partition coefficient (Wildman–Crippen LogP) is 1.76. The van der Waals surface area contributed by atoms with Crippen LogP contribution in [0, 0.1) is 5.41 Å². The number of ether oxygens (including phenoxy) is 1. The van der Waals surface area contributed by atoms with Crippen molar-refractivity contribution in [2.24, 2.45) is 5.41 Å². The number of likely N-dealkylation sites (tertiary alicyclic amines) is 1. The summed E-state index contributed by atoms with van der Waals surface area (Å²) in [4.78, 5) is 7.65. The molecule has 21 heavy (non-hydrogen) atoms. The SMILES string of the molecule is COC1CN(CC(C)(C)CC(C)(C)N2CCN(C)CC2)C1. The highest BCUT2D eigenvalue weighted by Crippen LogP contribution is 2.34. The fraction of sp³-hybridized carbons (Fsp3) is 1.00. The molecule has 0 N–H and O–H groups in total. The van der Waals surface area contributed by atoms with Gasteiger partial charge in [0, 0.05) is 58.5 Å². The predicted molar refractivity (Wildman–Crippen MR) is 88.8 cm³/mol. The van der Waals surface area contributed by atoms with Crippen LogP contribution in [-0.4, -0.2) is 86.3 Å². The second-order valence-electron chi connectivity index (χ2n) is 8.50. The number of methoxy groups -OCH3 is 1. The van der Waals surface area contributed by atoms with Gasteiger partial charge in [0.1, 0.15) is 0 Å². The molecule has 0 spiro atoms. The van der Waals surface area contributed by atoms with Gasteiger partial charge in [-0.2, -0.15) is 0 Å². The van der Waals surface area contributed by atoms with Crippen molar-refractivity contribution in [1.82, 2.24) is 14.7 Å². The van der Waals surface area contributed by atoms with Crippen LogP contribution >= 0.6 is 0 Å². The molecule has 0 aromatic heterocycles. The average molecular weight is 297 g/mol. The van der Waals surface area contributed by atoms with Crippen LogP contribution in [0.25, 0.3) is 0 Å². The first-order valence-corrected chi connectivity index (χ1v) is 8.41. The summed E-state index contributed by atoms with van der Waals surface area (Å²) < 4.78 is 5.38. The zero-order chi connectivity index (χ0) is 15.7. The van der Waals surface area contributed by atoms with E-state index in [1.807, 2.05) is 7.11 Å². The number of likely N-dealkylation sites (N-methyl/N-ethyl adjacent to an activating group) is 1. The number of hydrogen-bond acceptors (Lipinski definition) is 4. The number of hydrogen-bond donors (Lipinski definition) is 0. The first kappa shape index (κ1) is 17.2. The van der Waals surface area contributed by atoms with Crippen molar-refractivity contribution in [3.63, 3.8) is 0 Å². The Hall–Kier alpha value is -0.160. The van der Waals surface area contributed by atoms with Gasteiger partial charge in [-0.3, -0.25) is 9.80 Å². The van der Waals surface area contributed by atoms with Gasteiger partial charge in [0.05, 0.1) is 6.10 Å². The summed E-state index contributed by atoms with van der Waals surface area (Å²) in [5.74, 6) is 0. The number of piperazine rings is 1. The second kappa shape index (κ2) is 6.53. The molecule has 2 saturated heterocycles. The van der Waals surface area contributed by atoms with E-state index in [-0.39, 0.29) is 5.54 Å². The lowest BCUT2D eigenvalue weighted by Gasteiger charge is -2.49. The molecule has 0 aromatic rings. The van der Waals surface area contributed by atoms with Gasteiger partial charge in [0.2, 0.25) is 0 Å². The summed E-state index contributed by atoms with van der Waals surface area (Å²) in [7, 11) is 4.05. The van der Waals surface area contributed by atoms with E-state index in [1.165, 1.54) is 39.1 Å². The lowest BCUT2D eigenvalue weighted by Crippen LogP contribution is -2.58. The molecule has 0 bridgehead atoms. The minimum Gasteiger partial charge on any atom is -0.379 e. The van der Waals surface area contributed by atoms with Crippen molar-refractivity contribution in [1.29, 1.82) is 0 Å². The van der Waals surface area contributed by atoms with E-state index in [0.29, 0.717) is 11.5 Å². The number of rotatable bonds is 6. The van der Waals surface area contributed by atoms with Crippen molar-refractivity contribution >= 4 is 0 Å². The van der Waals surface area contributed by atoms with Crippen LogP contribution in [0.1, 0.15) is 34.1 Å². The molecule has 0 aliphatic carbocycles. The highest BCUT2D eigenvalue weighted by atomic mass is 16.5. The molecular formula is C17H35N3O. The molecule has 0 saturated carbocycles. The molecule has 2 aliphatic rings. The average Bonchev–Trinajstić information content (AvgIpc) is 2.32. The fourth-order valence-corrected chi connectivity index (χ4v) is 4.16. The highest BCUT2D eigenvalue weighted by molar-refractivity contribution is 4.93. The van der Waals surface area contributed by atoms with Gasteiger partial charge in [-0.05, 0) is 32.7 Å². The second-order valence-corrected chi connectivity index (χ2v) is 8.50. The largest absolute Gasteiger partial charge is 0.379 e. The normalized spacial score (nSPS) is 24.3. The van der Waals surface area contributed by atoms with E-state index in [2.05, 4.69) is 49.4 Å². The van der Waals surface area contributed by atoms with Gasteiger partial charge >= 0.3 is 0 Å². The molecule has 0 unspecified atom stereocenters. The summed E-state index contributed by atoms with van der Waals surface area (Å²) in [5.41, 5.74) is 0.641. The molecule has 2 rings (SSSR count). The molecule has 4 nitrogen and oxygen atoms in total. The Labute approximate surface area is 131 Å². The molecular weight excluding hydrogens is 262 g/mol. The first-order chi connectivity index (χ1) is 9.72. The Morgan fingerprint density at radius 2 is 1.57 bits per heavy atom. The van der Waals surface area contributed by atoms with Crippen molar-refractivity contribution in [3.05, 3.63) is 0 Å². The highest BCUT2D eigenvalue weighted by Gasteiger charge is 2.37. The van der Waals surface area contributed by atoms with Gasteiger partial charge in [0.15, 0.2) is 0 Å². The minimum atomic E-state index is 0.288. The van der Waals surface area contributed by atoms with E-state index < -0.39 is 0 Å². The number of nitrogens with zero attached hydrogens (tertiary/aromatic N) is 3. The van der Waals surface area contributed by atoms with E-state index >= 15 is 0 Å². The van der Waals surface area contributed by atoms with Crippen LogP contribution in [0.3, 0.4) is 0 Å². The van der Waals surface area contributed by atoms with Crippen LogP contribution < -0.4 is 0 Å². The van der Waals surface area contributed by atoms with Gasteiger partial charge in [-0.25, -0.2) is 0 Å². The molecule has 4 heteroatoms. The minimum absolute atomic E-state index is 0.288. The molecule has 0 radical (unpaired) electrons. The summed E-state index contributed by atoms with van der Waals surface area (Å²) in [6, 6.07) is 0. The maximum atomic E-state index is 5.38. The quantitative estimate of drug-likeness (QED) is 0.743. The molecule has 124 valence electrons. The smallest absolute Gasteiger partial charge is 0.0824 e. The van der Waals surface area contributed by atoms with Crippen molar-refractivity contribution < 1.29 is 4.74 Å². The van der Waals surface area contributed by atoms with Crippen LogP contribution in [-0.2, 0) is 4.74 Å². The van der Waals surface area contributed by atoms with Gasteiger partial charge < -0.3 is 9.64 Å². The van der Waals surface area contributed by atoms with Crippen LogP contribution in [0.2, 0.25) is 0 Å². The Morgan fingerprint density at radius 3 is 2.10 bits per heavy atom. The topological polar surface area (TPSA) is 19.0 Å². The van der Waals surface area contributed by atoms with Crippen LogP contribution in [0.15, 0.2) is 0 Å². The Balaban J connectivity index is 1.83. The maximum absolute atomic E-state index is 5.38.